The maximum atomic E-state index is 11.9. The molecule has 0 aromatic heterocycles. The van der Waals surface area contributed by atoms with Crippen LogP contribution >= 0.6 is 0 Å². The SMILES string of the molecule is NC(N)=NCCCC(NC(=O)c1ccccc1)C(=O)O.Nc1ccc([N+](=O)[O-])cc1. The quantitative estimate of drug-likeness (QED) is 0.105. The number of aliphatic imine (C=N–C) groups is 1. The standard InChI is InChI=1S/C13H18N4O3.C6H6N2O2/c14-13(15)16-8-4-7-10(12(19)20)17-11(18)9-5-2-1-3-6-9;7-5-1-3-6(4-2-5)8(9)10/h1-3,5-6,10H,4,7-8H2,(H,17,18)(H,19,20)(H4,14,15,16);1-4H,7H2. The Morgan fingerprint density at radius 1 is 1.10 bits per heavy atom. The molecule has 0 aliphatic rings. The van der Waals surface area contributed by atoms with E-state index < -0.39 is 22.8 Å². The average molecular weight is 416 g/mol. The summed E-state index contributed by atoms with van der Waals surface area (Å²) in [6.45, 7) is 0.327. The summed E-state index contributed by atoms with van der Waals surface area (Å²) in [5.74, 6) is -1.54. The van der Waals surface area contributed by atoms with Gasteiger partial charge in [0.1, 0.15) is 6.04 Å². The van der Waals surface area contributed by atoms with Crippen molar-refractivity contribution in [2.24, 2.45) is 16.5 Å². The van der Waals surface area contributed by atoms with Gasteiger partial charge in [-0.15, -0.1) is 0 Å². The summed E-state index contributed by atoms with van der Waals surface area (Å²) >= 11 is 0. The first kappa shape index (κ1) is 23.9. The number of carbonyl (C=O) groups is 2. The molecule has 2 aromatic rings. The second-order valence-electron chi connectivity index (χ2n) is 6.03. The van der Waals surface area contributed by atoms with Crippen LogP contribution in [0.3, 0.4) is 0 Å². The Balaban J connectivity index is 0.000000375. The molecule has 0 bridgehead atoms. The first-order valence-electron chi connectivity index (χ1n) is 8.84. The fraction of sp³-hybridized carbons (Fsp3) is 0.211. The lowest BCUT2D eigenvalue weighted by Crippen LogP contribution is -2.40. The minimum atomic E-state index is -1.08. The van der Waals surface area contributed by atoms with E-state index in [1.54, 1.807) is 30.3 Å². The number of nitrogens with one attached hydrogen (secondary N) is 1. The molecule has 160 valence electrons. The number of carboxylic acids is 1. The van der Waals surface area contributed by atoms with Gasteiger partial charge in [0.05, 0.1) is 4.92 Å². The minimum Gasteiger partial charge on any atom is -0.480 e. The number of non-ortho nitro benzene ring substituents is 1. The number of benzene rings is 2. The van der Waals surface area contributed by atoms with Crippen molar-refractivity contribution in [3.63, 3.8) is 0 Å². The Kier molecular flexibility index (Phi) is 9.82. The van der Waals surface area contributed by atoms with Crippen LogP contribution in [0.5, 0.6) is 0 Å². The summed E-state index contributed by atoms with van der Waals surface area (Å²) in [6, 6.07) is 13.2. The lowest BCUT2D eigenvalue weighted by atomic mass is 10.1. The number of carbonyl (C=O) groups excluding carboxylic acids is 1. The predicted octanol–water partition coefficient (Wildman–Crippen LogP) is 1.10. The van der Waals surface area contributed by atoms with Gasteiger partial charge in [0.25, 0.3) is 11.6 Å². The number of nitrogens with two attached hydrogens (primary N) is 3. The summed E-state index contributed by atoms with van der Waals surface area (Å²) in [6.07, 6.45) is 0.717. The van der Waals surface area contributed by atoms with Crippen molar-refractivity contribution < 1.29 is 19.6 Å². The molecular formula is C19H24N6O5. The molecular weight excluding hydrogens is 392 g/mol. The first-order chi connectivity index (χ1) is 14.2. The molecule has 0 saturated carbocycles. The van der Waals surface area contributed by atoms with Crippen LogP contribution in [0.15, 0.2) is 59.6 Å². The number of aliphatic carboxylic acids is 1. The molecule has 11 heteroatoms. The minimum absolute atomic E-state index is 0.0369. The molecule has 0 radical (unpaired) electrons. The highest BCUT2D eigenvalue weighted by atomic mass is 16.6. The maximum absolute atomic E-state index is 11.9. The molecule has 30 heavy (non-hydrogen) atoms. The van der Waals surface area contributed by atoms with Gasteiger partial charge in [-0.3, -0.25) is 19.9 Å². The van der Waals surface area contributed by atoms with Gasteiger partial charge in [-0.1, -0.05) is 18.2 Å². The molecule has 1 amide bonds. The lowest BCUT2D eigenvalue weighted by molar-refractivity contribution is -0.384. The number of nitrogen functional groups attached to an aromatic ring is 1. The summed E-state index contributed by atoms with van der Waals surface area (Å²) in [5, 5.41) is 21.6. The van der Waals surface area contributed by atoms with Crippen molar-refractivity contribution in [2.45, 2.75) is 18.9 Å². The number of anilines is 1. The molecule has 0 fully saturated rings. The van der Waals surface area contributed by atoms with E-state index in [0.29, 0.717) is 24.2 Å². The number of amides is 1. The van der Waals surface area contributed by atoms with Crippen LogP contribution < -0.4 is 22.5 Å². The summed E-state index contributed by atoms with van der Waals surface area (Å²) in [7, 11) is 0. The van der Waals surface area contributed by atoms with E-state index in [9.17, 15) is 19.7 Å². The Bertz CT molecular complexity index is 867. The highest BCUT2D eigenvalue weighted by molar-refractivity contribution is 5.96. The number of carboxylic acid groups (broad SMARTS) is 1. The molecule has 0 aliphatic carbocycles. The van der Waals surface area contributed by atoms with Crippen LogP contribution in [0.1, 0.15) is 23.2 Å². The van der Waals surface area contributed by atoms with Gasteiger partial charge >= 0.3 is 5.97 Å². The van der Waals surface area contributed by atoms with Crippen LogP contribution in [0, 0.1) is 10.1 Å². The zero-order chi connectivity index (χ0) is 22.5. The zero-order valence-electron chi connectivity index (χ0n) is 16.1. The number of guanidine groups is 1. The number of hydrogen-bond donors (Lipinski definition) is 5. The van der Waals surface area contributed by atoms with Crippen molar-refractivity contribution in [2.75, 3.05) is 12.3 Å². The first-order valence-corrected chi connectivity index (χ1v) is 8.84. The monoisotopic (exact) mass is 416 g/mol. The third-order valence-corrected chi connectivity index (χ3v) is 3.69. The predicted molar refractivity (Wildman–Crippen MR) is 113 cm³/mol. The number of nitrogens with zero attached hydrogens (tertiary/aromatic N) is 2. The van der Waals surface area contributed by atoms with E-state index in [2.05, 4.69) is 10.3 Å². The molecule has 11 nitrogen and oxygen atoms in total. The van der Waals surface area contributed by atoms with E-state index in [1.807, 2.05) is 0 Å². The van der Waals surface area contributed by atoms with Gasteiger partial charge in [0, 0.05) is 29.9 Å². The van der Waals surface area contributed by atoms with Gasteiger partial charge < -0.3 is 27.6 Å². The van der Waals surface area contributed by atoms with Crippen molar-refractivity contribution in [1.29, 1.82) is 0 Å². The molecule has 0 saturated heterocycles. The Morgan fingerprint density at radius 2 is 1.70 bits per heavy atom. The summed E-state index contributed by atoms with van der Waals surface area (Å²) in [5.41, 5.74) is 16.7. The largest absolute Gasteiger partial charge is 0.480 e. The van der Waals surface area contributed by atoms with E-state index in [4.69, 9.17) is 22.3 Å². The molecule has 2 rings (SSSR count). The van der Waals surface area contributed by atoms with Gasteiger partial charge in [0.2, 0.25) is 0 Å². The molecule has 0 aliphatic heterocycles. The van der Waals surface area contributed by atoms with Crippen LogP contribution in [0.25, 0.3) is 0 Å². The molecule has 0 heterocycles. The van der Waals surface area contributed by atoms with Crippen molar-refractivity contribution >= 4 is 29.2 Å². The topological polar surface area (TPSA) is 200 Å². The third-order valence-electron chi connectivity index (χ3n) is 3.69. The fourth-order valence-corrected chi connectivity index (χ4v) is 2.19. The summed E-state index contributed by atoms with van der Waals surface area (Å²) < 4.78 is 0. The lowest BCUT2D eigenvalue weighted by Gasteiger charge is -2.14. The van der Waals surface area contributed by atoms with E-state index in [1.165, 1.54) is 24.3 Å². The van der Waals surface area contributed by atoms with Crippen LogP contribution in [0.2, 0.25) is 0 Å². The zero-order valence-corrected chi connectivity index (χ0v) is 16.1. The molecule has 2 aromatic carbocycles. The molecule has 0 spiro atoms. The van der Waals surface area contributed by atoms with Crippen molar-refractivity contribution in [3.8, 4) is 0 Å². The summed E-state index contributed by atoms with van der Waals surface area (Å²) in [4.78, 5) is 36.3. The van der Waals surface area contributed by atoms with Crippen LogP contribution in [0.4, 0.5) is 11.4 Å². The Morgan fingerprint density at radius 3 is 2.20 bits per heavy atom. The fourth-order valence-electron chi connectivity index (χ4n) is 2.19. The van der Waals surface area contributed by atoms with Gasteiger partial charge in [-0.2, -0.15) is 0 Å². The van der Waals surface area contributed by atoms with Gasteiger partial charge in [-0.05, 0) is 37.1 Å². The average Bonchev–Trinajstić information content (AvgIpc) is 2.71. The normalized spacial score (nSPS) is 10.7. The molecule has 1 atom stereocenters. The van der Waals surface area contributed by atoms with Gasteiger partial charge in [-0.25, -0.2) is 4.79 Å². The second-order valence-corrected chi connectivity index (χ2v) is 6.03. The maximum Gasteiger partial charge on any atom is 0.326 e. The highest BCUT2D eigenvalue weighted by Gasteiger charge is 2.19. The smallest absolute Gasteiger partial charge is 0.326 e. The van der Waals surface area contributed by atoms with Crippen molar-refractivity contribution in [3.05, 3.63) is 70.3 Å². The van der Waals surface area contributed by atoms with E-state index >= 15 is 0 Å². The van der Waals surface area contributed by atoms with E-state index in [0.717, 1.165) is 0 Å². The van der Waals surface area contributed by atoms with E-state index in [-0.39, 0.29) is 18.1 Å². The van der Waals surface area contributed by atoms with Crippen LogP contribution in [-0.2, 0) is 4.79 Å². The number of nitro groups is 1. The number of rotatable bonds is 8. The number of hydrogen-bond acceptors (Lipinski definition) is 6. The second kappa shape index (κ2) is 12.3. The molecule has 8 N–H and O–H groups in total. The van der Waals surface area contributed by atoms with Crippen LogP contribution in [-0.4, -0.2) is 40.5 Å². The van der Waals surface area contributed by atoms with Crippen molar-refractivity contribution in [1.82, 2.24) is 5.32 Å². The third kappa shape index (κ3) is 9.17. The molecule has 1 unspecified atom stereocenters. The number of nitro benzene ring substituents is 1. The van der Waals surface area contributed by atoms with Gasteiger partial charge in [0.15, 0.2) is 5.96 Å². The Hall–Kier alpha value is -4.15. The highest BCUT2D eigenvalue weighted by Crippen LogP contribution is 2.12. The Labute approximate surface area is 172 Å².